The van der Waals surface area contributed by atoms with Crippen LogP contribution in [0, 0.1) is 0 Å². The van der Waals surface area contributed by atoms with Crippen molar-refractivity contribution < 1.29 is 9.59 Å². The quantitative estimate of drug-likeness (QED) is 0.820. The highest BCUT2D eigenvalue weighted by molar-refractivity contribution is 5.97. The van der Waals surface area contributed by atoms with Crippen molar-refractivity contribution in [3.8, 4) is 0 Å². The molecule has 0 saturated carbocycles. The van der Waals surface area contributed by atoms with Gasteiger partial charge in [-0.25, -0.2) is 0 Å². The lowest BCUT2D eigenvalue weighted by Gasteiger charge is -2.22. The minimum Gasteiger partial charge on any atom is -0.376 e. The average molecular weight is 380 g/mol. The van der Waals surface area contributed by atoms with E-state index in [2.05, 4.69) is 5.32 Å². The van der Waals surface area contributed by atoms with Crippen LogP contribution in [-0.4, -0.2) is 42.9 Å². The Morgan fingerprint density at radius 1 is 0.964 bits per heavy atom. The summed E-state index contributed by atoms with van der Waals surface area (Å²) in [6.07, 6.45) is 4.54. The van der Waals surface area contributed by atoms with Gasteiger partial charge in [0.15, 0.2) is 0 Å². The zero-order valence-electron chi connectivity index (χ0n) is 16.6. The highest BCUT2D eigenvalue weighted by Gasteiger charge is 2.18. The number of nitrogens with one attached hydrogen (secondary N) is 1. The van der Waals surface area contributed by atoms with Crippen LogP contribution in [0.4, 0.5) is 11.4 Å². The Hall–Kier alpha value is -2.82. The molecule has 28 heavy (non-hydrogen) atoms. The normalized spacial score (nSPS) is 14.2. The molecule has 1 heterocycles. The van der Waals surface area contributed by atoms with Crippen molar-refractivity contribution in [2.75, 3.05) is 36.4 Å². The molecule has 0 spiro atoms. The van der Waals surface area contributed by atoms with E-state index in [1.165, 1.54) is 12.8 Å². The van der Waals surface area contributed by atoms with Crippen LogP contribution in [-0.2, 0) is 4.79 Å². The van der Waals surface area contributed by atoms with Crippen LogP contribution in [0.2, 0.25) is 0 Å². The monoisotopic (exact) mass is 379 g/mol. The minimum atomic E-state index is -0.00190. The van der Waals surface area contributed by atoms with Crippen LogP contribution in [0.15, 0.2) is 54.6 Å². The largest absolute Gasteiger partial charge is 0.376 e. The number of benzene rings is 2. The van der Waals surface area contributed by atoms with Gasteiger partial charge in [0.2, 0.25) is 5.91 Å². The molecule has 2 amide bonds. The molecule has 2 aromatic carbocycles. The highest BCUT2D eigenvalue weighted by atomic mass is 16.2. The summed E-state index contributed by atoms with van der Waals surface area (Å²) in [7, 11) is 0. The summed E-state index contributed by atoms with van der Waals surface area (Å²) in [6, 6.07) is 17.1. The Balaban J connectivity index is 1.62. The van der Waals surface area contributed by atoms with Crippen molar-refractivity contribution >= 4 is 23.2 Å². The maximum absolute atomic E-state index is 12.8. The van der Waals surface area contributed by atoms with Crippen LogP contribution in [0.1, 0.15) is 43.0 Å². The number of carbonyl (C=O) groups is 2. The molecule has 0 unspecified atom stereocenters. The molecule has 0 atom stereocenters. The van der Waals surface area contributed by atoms with E-state index in [0.29, 0.717) is 12.1 Å². The maximum atomic E-state index is 12.8. The number of likely N-dealkylation sites (tertiary alicyclic amines) is 1. The summed E-state index contributed by atoms with van der Waals surface area (Å²) in [5.41, 5.74) is 2.36. The summed E-state index contributed by atoms with van der Waals surface area (Å²) < 4.78 is 0. The van der Waals surface area contributed by atoms with Crippen molar-refractivity contribution in [2.45, 2.75) is 32.6 Å². The van der Waals surface area contributed by atoms with E-state index in [-0.39, 0.29) is 18.4 Å². The molecule has 0 aliphatic carbocycles. The van der Waals surface area contributed by atoms with E-state index in [1.54, 1.807) is 4.90 Å². The van der Waals surface area contributed by atoms with E-state index in [4.69, 9.17) is 0 Å². The Bertz CT molecular complexity index is 783. The van der Waals surface area contributed by atoms with Gasteiger partial charge in [-0.3, -0.25) is 9.59 Å². The molecule has 1 fully saturated rings. The predicted molar refractivity (Wildman–Crippen MR) is 114 cm³/mol. The summed E-state index contributed by atoms with van der Waals surface area (Å²) in [5.74, 6) is 0.0781. The first-order chi connectivity index (χ1) is 13.7. The number of carbonyl (C=O) groups excluding carboxylic acids is 2. The molecule has 148 valence electrons. The van der Waals surface area contributed by atoms with Gasteiger partial charge in [0.05, 0.1) is 6.54 Å². The number of nitrogens with zero attached hydrogens (tertiary/aromatic N) is 2. The van der Waals surface area contributed by atoms with E-state index in [9.17, 15) is 9.59 Å². The fourth-order valence-electron chi connectivity index (χ4n) is 3.60. The lowest BCUT2D eigenvalue weighted by Crippen LogP contribution is -2.35. The van der Waals surface area contributed by atoms with Crippen molar-refractivity contribution in [3.05, 3.63) is 60.2 Å². The van der Waals surface area contributed by atoms with Crippen molar-refractivity contribution in [1.29, 1.82) is 0 Å². The molecular formula is C23H29N3O2. The van der Waals surface area contributed by atoms with Gasteiger partial charge in [-0.05, 0) is 50.1 Å². The SMILES string of the molecule is CCN(C(=O)CNc1cccc(C(=O)N2CCCCCC2)c1)c1ccccc1. The molecule has 2 aromatic rings. The highest BCUT2D eigenvalue weighted by Crippen LogP contribution is 2.17. The van der Waals surface area contributed by atoms with E-state index in [0.717, 1.165) is 37.3 Å². The van der Waals surface area contributed by atoms with Crippen molar-refractivity contribution in [1.82, 2.24) is 4.90 Å². The number of anilines is 2. The van der Waals surface area contributed by atoms with Gasteiger partial charge in [0.1, 0.15) is 0 Å². The Morgan fingerprint density at radius 2 is 1.68 bits per heavy atom. The smallest absolute Gasteiger partial charge is 0.253 e. The van der Waals surface area contributed by atoms with E-state index in [1.807, 2.05) is 66.4 Å². The second-order valence-corrected chi connectivity index (χ2v) is 7.11. The number of hydrogen-bond donors (Lipinski definition) is 1. The number of amides is 2. The second-order valence-electron chi connectivity index (χ2n) is 7.11. The zero-order chi connectivity index (χ0) is 19.8. The fraction of sp³-hybridized carbons (Fsp3) is 0.391. The van der Waals surface area contributed by atoms with Crippen LogP contribution in [0.25, 0.3) is 0 Å². The van der Waals surface area contributed by atoms with Gasteiger partial charge in [0, 0.05) is 36.6 Å². The fourth-order valence-corrected chi connectivity index (χ4v) is 3.60. The lowest BCUT2D eigenvalue weighted by atomic mass is 10.1. The second kappa shape index (κ2) is 9.93. The first-order valence-corrected chi connectivity index (χ1v) is 10.2. The van der Waals surface area contributed by atoms with E-state index >= 15 is 0 Å². The molecule has 0 bridgehead atoms. The third-order valence-corrected chi connectivity index (χ3v) is 5.13. The van der Waals surface area contributed by atoms with Crippen LogP contribution < -0.4 is 10.2 Å². The molecule has 1 N–H and O–H groups in total. The topological polar surface area (TPSA) is 52.7 Å². The molecule has 0 aromatic heterocycles. The number of hydrogen-bond acceptors (Lipinski definition) is 3. The lowest BCUT2D eigenvalue weighted by molar-refractivity contribution is -0.116. The molecule has 1 aliphatic heterocycles. The number of likely N-dealkylation sites (N-methyl/N-ethyl adjacent to an activating group) is 1. The summed E-state index contributed by atoms with van der Waals surface area (Å²) in [6.45, 7) is 4.42. The molecule has 1 saturated heterocycles. The van der Waals surface area contributed by atoms with E-state index < -0.39 is 0 Å². The summed E-state index contributed by atoms with van der Waals surface area (Å²) in [5, 5.41) is 3.18. The first-order valence-electron chi connectivity index (χ1n) is 10.2. The van der Waals surface area contributed by atoms with Gasteiger partial charge < -0.3 is 15.1 Å². The van der Waals surface area contributed by atoms with Gasteiger partial charge in [-0.1, -0.05) is 37.1 Å². The van der Waals surface area contributed by atoms with Crippen LogP contribution in [0.5, 0.6) is 0 Å². The third kappa shape index (κ3) is 5.12. The molecule has 3 rings (SSSR count). The molecule has 5 nitrogen and oxygen atoms in total. The Morgan fingerprint density at radius 3 is 2.36 bits per heavy atom. The van der Waals surface area contributed by atoms with Gasteiger partial charge >= 0.3 is 0 Å². The third-order valence-electron chi connectivity index (χ3n) is 5.13. The molecular weight excluding hydrogens is 350 g/mol. The molecule has 0 radical (unpaired) electrons. The van der Waals surface area contributed by atoms with Crippen molar-refractivity contribution in [3.63, 3.8) is 0 Å². The Labute approximate surface area is 167 Å². The van der Waals surface area contributed by atoms with Gasteiger partial charge in [0.25, 0.3) is 5.91 Å². The van der Waals surface area contributed by atoms with Gasteiger partial charge in [-0.15, -0.1) is 0 Å². The summed E-state index contributed by atoms with van der Waals surface area (Å²) in [4.78, 5) is 29.1. The molecule has 1 aliphatic rings. The minimum absolute atomic E-state index is 0.00190. The first kappa shape index (κ1) is 19.9. The van der Waals surface area contributed by atoms with Crippen molar-refractivity contribution in [2.24, 2.45) is 0 Å². The van der Waals surface area contributed by atoms with Crippen LogP contribution in [0.3, 0.4) is 0 Å². The number of rotatable bonds is 6. The average Bonchev–Trinajstić information content (AvgIpc) is 3.03. The van der Waals surface area contributed by atoms with Crippen LogP contribution >= 0.6 is 0 Å². The predicted octanol–water partition coefficient (Wildman–Crippen LogP) is 4.17. The van der Waals surface area contributed by atoms with Gasteiger partial charge in [-0.2, -0.15) is 0 Å². The molecule has 5 heteroatoms. The maximum Gasteiger partial charge on any atom is 0.253 e. The zero-order valence-corrected chi connectivity index (χ0v) is 16.6. The standard InChI is InChI=1S/C23H29N3O2/c1-2-26(21-13-6-5-7-14-21)22(27)18-24-20-12-10-11-19(17-20)23(28)25-15-8-3-4-9-16-25/h5-7,10-14,17,24H,2-4,8-9,15-16,18H2,1H3. The summed E-state index contributed by atoms with van der Waals surface area (Å²) >= 11 is 0. The Kier molecular flexibility index (Phi) is 7.06. The number of para-hydroxylation sites is 1.